The van der Waals surface area contributed by atoms with Crippen molar-refractivity contribution in [3.05, 3.63) is 48.2 Å². The molecule has 0 unspecified atom stereocenters. The zero-order valence-electron chi connectivity index (χ0n) is 8.51. The molecule has 0 bridgehead atoms. The molecular weight excluding hydrogens is 188 g/mol. The molecule has 0 aliphatic rings. The Morgan fingerprint density at radius 3 is 2.67 bits per heavy atom. The third-order valence-corrected chi connectivity index (χ3v) is 2.09. The van der Waals surface area contributed by atoms with E-state index >= 15 is 0 Å². The Morgan fingerprint density at radius 1 is 1.07 bits per heavy atom. The van der Waals surface area contributed by atoms with Crippen molar-refractivity contribution < 1.29 is 0 Å². The van der Waals surface area contributed by atoms with Crippen molar-refractivity contribution in [3.63, 3.8) is 0 Å². The minimum atomic E-state index is 0.699. The zero-order valence-corrected chi connectivity index (χ0v) is 8.51. The van der Waals surface area contributed by atoms with Crippen molar-refractivity contribution in [2.45, 2.75) is 6.42 Å². The lowest BCUT2D eigenvalue weighted by molar-refractivity contribution is 0.987. The summed E-state index contributed by atoms with van der Waals surface area (Å²) < 4.78 is 0. The lowest BCUT2D eigenvalue weighted by Crippen LogP contribution is -2.02. The summed E-state index contributed by atoms with van der Waals surface area (Å²) in [6.07, 6.45) is 5.85. The maximum atomic E-state index is 4.28. The molecule has 0 saturated carbocycles. The number of anilines is 1. The summed E-state index contributed by atoms with van der Waals surface area (Å²) in [4.78, 5) is 12.7. The molecule has 0 aliphatic carbocycles. The van der Waals surface area contributed by atoms with E-state index in [-0.39, 0.29) is 0 Å². The molecule has 2 aromatic heterocycles. The number of nitrogens with zero attached hydrogens (tertiary/aromatic N) is 3. The SMILES string of the molecule is CNc1nccnc1Cc1ccccn1. The second kappa shape index (κ2) is 4.50. The summed E-state index contributed by atoms with van der Waals surface area (Å²) in [6, 6.07) is 5.85. The van der Waals surface area contributed by atoms with E-state index < -0.39 is 0 Å². The van der Waals surface area contributed by atoms with Gasteiger partial charge >= 0.3 is 0 Å². The predicted molar refractivity (Wildman–Crippen MR) is 58.6 cm³/mol. The molecule has 0 aliphatic heterocycles. The van der Waals surface area contributed by atoms with Crippen LogP contribution < -0.4 is 5.32 Å². The monoisotopic (exact) mass is 200 g/mol. The number of hydrogen-bond donors (Lipinski definition) is 1. The van der Waals surface area contributed by atoms with Crippen molar-refractivity contribution >= 4 is 5.82 Å². The number of nitrogens with one attached hydrogen (secondary N) is 1. The summed E-state index contributed by atoms with van der Waals surface area (Å²) in [5.74, 6) is 0.808. The third-order valence-electron chi connectivity index (χ3n) is 2.09. The maximum Gasteiger partial charge on any atom is 0.147 e. The molecule has 4 nitrogen and oxygen atoms in total. The van der Waals surface area contributed by atoms with Crippen molar-refractivity contribution in [1.29, 1.82) is 0 Å². The van der Waals surface area contributed by atoms with Crippen LogP contribution in [0, 0.1) is 0 Å². The van der Waals surface area contributed by atoms with Crippen LogP contribution in [0.15, 0.2) is 36.8 Å². The van der Waals surface area contributed by atoms with Crippen molar-refractivity contribution in [1.82, 2.24) is 15.0 Å². The van der Waals surface area contributed by atoms with Gasteiger partial charge in [-0.25, -0.2) is 4.98 Å². The van der Waals surface area contributed by atoms with Gasteiger partial charge in [-0.3, -0.25) is 9.97 Å². The van der Waals surface area contributed by atoms with Gasteiger partial charge < -0.3 is 5.32 Å². The first-order valence-corrected chi connectivity index (χ1v) is 4.77. The van der Waals surface area contributed by atoms with Crippen LogP contribution in [0.25, 0.3) is 0 Å². The van der Waals surface area contributed by atoms with Crippen LogP contribution in [0.1, 0.15) is 11.4 Å². The standard InChI is InChI=1S/C11H12N4/c1-12-11-10(14-6-7-15-11)8-9-4-2-3-5-13-9/h2-7H,8H2,1H3,(H,12,15). The van der Waals surface area contributed by atoms with Crippen LogP contribution in [-0.4, -0.2) is 22.0 Å². The largest absolute Gasteiger partial charge is 0.372 e. The molecule has 0 fully saturated rings. The second-order valence-electron chi connectivity index (χ2n) is 3.10. The van der Waals surface area contributed by atoms with Gasteiger partial charge in [-0.1, -0.05) is 6.07 Å². The van der Waals surface area contributed by atoms with E-state index in [0.717, 1.165) is 17.2 Å². The van der Waals surface area contributed by atoms with Crippen molar-refractivity contribution in [3.8, 4) is 0 Å². The minimum Gasteiger partial charge on any atom is -0.372 e. The molecule has 0 aromatic carbocycles. The van der Waals surface area contributed by atoms with Gasteiger partial charge in [0, 0.05) is 37.8 Å². The van der Waals surface area contributed by atoms with Crippen LogP contribution in [-0.2, 0) is 6.42 Å². The molecule has 1 N–H and O–H groups in total. The third kappa shape index (κ3) is 2.28. The smallest absolute Gasteiger partial charge is 0.147 e. The van der Waals surface area contributed by atoms with Gasteiger partial charge in [-0.2, -0.15) is 0 Å². The van der Waals surface area contributed by atoms with Gasteiger partial charge in [-0.05, 0) is 12.1 Å². The van der Waals surface area contributed by atoms with Crippen LogP contribution in [0.2, 0.25) is 0 Å². The van der Waals surface area contributed by atoms with Gasteiger partial charge in [0.15, 0.2) is 0 Å². The van der Waals surface area contributed by atoms with E-state index in [2.05, 4.69) is 20.3 Å². The Kier molecular flexibility index (Phi) is 2.88. The molecule has 2 rings (SSSR count). The molecule has 0 spiro atoms. The summed E-state index contributed by atoms with van der Waals surface area (Å²) in [5, 5.41) is 3.01. The van der Waals surface area contributed by atoms with E-state index in [4.69, 9.17) is 0 Å². The second-order valence-corrected chi connectivity index (χ2v) is 3.10. The first kappa shape index (κ1) is 9.58. The van der Waals surface area contributed by atoms with Crippen LogP contribution in [0.4, 0.5) is 5.82 Å². The highest BCUT2D eigenvalue weighted by molar-refractivity contribution is 5.40. The lowest BCUT2D eigenvalue weighted by atomic mass is 10.2. The van der Waals surface area contributed by atoms with E-state index in [1.165, 1.54) is 0 Å². The summed E-state index contributed by atoms with van der Waals surface area (Å²) in [5.41, 5.74) is 1.91. The predicted octanol–water partition coefficient (Wildman–Crippen LogP) is 1.50. The summed E-state index contributed by atoms with van der Waals surface area (Å²) in [6.45, 7) is 0. The molecule has 0 amide bonds. The Morgan fingerprint density at radius 2 is 1.93 bits per heavy atom. The fourth-order valence-corrected chi connectivity index (χ4v) is 1.38. The van der Waals surface area contributed by atoms with Gasteiger partial charge in [0.05, 0.1) is 5.69 Å². The van der Waals surface area contributed by atoms with E-state index in [1.807, 2.05) is 25.2 Å². The molecule has 76 valence electrons. The van der Waals surface area contributed by atoms with Crippen LogP contribution in [0.5, 0.6) is 0 Å². The highest BCUT2D eigenvalue weighted by Crippen LogP contribution is 2.11. The maximum absolute atomic E-state index is 4.28. The Balaban J connectivity index is 2.24. The minimum absolute atomic E-state index is 0.699. The number of aromatic nitrogens is 3. The normalized spacial score (nSPS) is 9.93. The molecule has 2 aromatic rings. The van der Waals surface area contributed by atoms with Gasteiger partial charge in [-0.15, -0.1) is 0 Å². The number of pyridine rings is 1. The Labute approximate surface area is 88.4 Å². The molecule has 4 heteroatoms. The highest BCUT2D eigenvalue weighted by atomic mass is 15.0. The Hall–Kier alpha value is -1.97. The van der Waals surface area contributed by atoms with Crippen molar-refractivity contribution in [2.75, 3.05) is 12.4 Å². The number of hydrogen-bond acceptors (Lipinski definition) is 4. The highest BCUT2D eigenvalue weighted by Gasteiger charge is 2.04. The first-order chi connectivity index (χ1) is 7.40. The fraction of sp³-hybridized carbons (Fsp3) is 0.182. The quantitative estimate of drug-likeness (QED) is 0.815. The average molecular weight is 200 g/mol. The van der Waals surface area contributed by atoms with Crippen LogP contribution in [0.3, 0.4) is 0 Å². The van der Waals surface area contributed by atoms with E-state index in [0.29, 0.717) is 6.42 Å². The molecule has 0 atom stereocenters. The summed E-state index contributed by atoms with van der Waals surface area (Å²) >= 11 is 0. The van der Waals surface area contributed by atoms with E-state index in [1.54, 1.807) is 18.6 Å². The fourth-order valence-electron chi connectivity index (χ4n) is 1.38. The topological polar surface area (TPSA) is 50.7 Å². The summed E-state index contributed by atoms with van der Waals surface area (Å²) in [7, 11) is 1.84. The Bertz CT molecular complexity index is 428. The molecule has 15 heavy (non-hydrogen) atoms. The van der Waals surface area contributed by atoms with Crippen molar-refractivity contribution in [2.24, 2.45) is 0 Å². The molecule has 0 radical (unpaired) electrons. The number of rotatable bonds is 3. The van der Waals surface area contributed by atoms with Crippen LogP contribution >= 0.6 is 0 Å². The molecule has 0 saturated heterocycles. The first-order valence-electron chi connectivity index (χ1n) is 4.77. The lowest BCUT2D eigenvalue weighted by Gasteiger charge is -2.05. The molecular formula is C11H12N4. The van der Waals surface area contributed by atoms with Gasteiger partial charge in [0.25, 0.3) is 0 Å². The van der Waals surface area contributed by atoms with E-state index in [9.17, 15) is 0 Å². The molecule has 2 heterocycles. The zero-order chi connectivity index (χ0) is 10.5. The van der Waals surface area contributed by atoms with Gasteiger partial charge in [0.1, 0.15) is 5.82 Å². The van der Waals surface area contributed by atoms with Gasteiger partial charge in [0.2, 0.25) is 0 Å². The average Bonchev–Trinajstić information content (AvgIpc) is 2.31.